The Hall–Kier alpha value is -1.10. The highest BCUT2D eigenvalue weighted by Gasteiger charge is 2.22. The van der Waals surface area contributed by atoms with Gasteiger partial charge in [0.05, 0.1) is 0 Å². The molecule has 5 heteroatoms. The van der Waals surface area contributed by atoms with Crippen LogP contribution in [0.15, 0.2) is 0 Å². The molecule has 0 aromatic rings. The molecule has 0 fully saturated rings. The van der Waals surface area contributed by atoms with E-state index in [2.05, 4.69) is 0 Å². The third kappa shape index (κ3) is 4.81. The molecule has 0 saturated heterocycles. The SMILES string of the molecule is CCCN(C)[C@@H](CCC(=O)O)C(=O)O. The van der Waals surface area contributed by atoms with Gasteiger partial charge in [-0.3, -0.25) is 14.5 Å². The first-order valence-electron chi connectivity index (χ1n) is 4.63. The average molecular weight is 203 g/mol. The van der Waals surface area contributed by atoms with Crippen molar-refractivity contribution in [2.75, 3.05) is 13.6 Å². The number of rotatable bonds is 7. The van der Waals surface area contributed by atoms with Crippen molar-refractivity contribution in [3.05, 3.63) is 0 Å². The molecule has 0 rings (SSSR count). The van der Waals surface area contributed by atoms with Crippen molar-refractivity contribution in [2.24, 2.45) is 0 Å². The fraction of sp³-hybridized carbons (Fsp3) is 0.778. The summed E-state index contributed by atoms with van der Waals surface area (Å²) < 4.78 is 0. The van der Waals surface area contributed by atoms with Crippen LogP contribution in [0.5, 0.6) is 0 Å². The standard InChI is InChI=1S/C9H17NO4/c1-3-6-10(2)7(9(13)14)4-5-8(11)12/h7H,3-6H2,1-2H3,(H,11,12)(H,13,14)/t7-/m0/s1. The number of hydrogen-bond donors (Lipinski definition) is 2. The summed E-state index contributed by atoms with van der Waals surface area (Å²) in [6, 6.07) is -0.689. The number of carbonyl (C=O) groups is 2. The van der Waals surface area contributed by atoms with Crippen molar-refractivity contribution < 1.29 is 19.8 Å². The second-order valence-electron chi connectivity index (χ2n) is 3.27. The van der Waals surface area contributed by atoms with Crippen LogP contribution in [0.1, 0.15) is 26.2 Å². The van der Waals surface area contributed by atoms with Crippen LogP contribution in [0.3, 0.4) is 0 Å². The number of aliphatic carboxylic acids is 2. The Morgan fingerprint density at radius 1 is 1.36 bits per heavy atom. The molecule has 2 N–H and O–H groups in total. The molecule has 0 unspecified atom stereocenters. The van der Waals surface area contributed by atoms with Crippen LogP contribution >= 0.6 is 0 Å². The maximum atomic E-state index is 10.8. The van der Waals surface area contributed by atoms with Crippen molar-refractivity contribution in [3.8, 4) is 0 Å². The van der Waals surface area contributed by atoms with Crippen molar-refractivity contribution in [1.29, 1.82) is 0 Å². The summed E-state index contributed by atoms with van der Waals surface area (Å²) in [7, 11) is 1.70. The highest BCUT2D eigenvalue weighted by atomic mass is 16.4. The minimum atomic E-state index is -0.957. The predicted octanol–water partition coefficient (Wildman–Crippen LogP) is 0.646. The molecular formula is C9H17NO4. The van der Waals surface area contributed by atoms with Gasteiger partial charge >= 0.3 is 11.9 Å². The molecule has 0 radical (unpaired) electrons. The van der Waals surface area contributed by atoms with Gasteiger partial charge in [-0.05, 0) is 26.4 Å². The molecule has 0 saturated carbocycles. The molecule has 82 valence electrons. The molecule has 0 amide bonds. The summed E-state index contributed by atoms with van der Waals surface area (Å²) >= 11 is 0. The third-order valence-electron chi connectivity index (χ3n) is 2.03. The van der Waals surface area contributed by atoms with Gasteiger partial charge in [0.15, 0.2) is 0 Å². The molecule has 0 aromatic heterocycles. The molecule has 5 nitrogen and oxygen atoms in total. The number of carboxylic acids is 2. The normalized spacial score (nSPS) is 12.8. The lowest BCUT2D eigenvalue weighted by molar-refractivity contribution is -0.143. The fourth-order valence-electron chi connectivity index (χ4n) is 1.30. The molecule has 0 spiro atoms. The van der Waals surface area contributed by atoms with Crippen LogP contribution < -0.4 is 0 Å². The number of hydrogen-bond acceptors (Lipinski definition) is 3. The largest absolute Gasteiger partial charge is 0.481 e. The summed E-state index contributed by atoms with van der Waals surface area (Å²) in [4.78, 5) is 22.8. The lowest BCUT2D eigenvalue weighted by Crippen LogP contribution is -2.39. The van der Waals surface area contributed by atoms with Crippen LogP contribution in [-0.2, 0) is 9.59 Å². The summed E-state index contributed by atoms with van der Waals surface area (Å²) in [5.74, 6) is -1.91. The first-order chi connectivity index (χ1) is 6.49. The maximum absolute atomic E-state index is 10.8. The summed E-state index contributed by atoms with van der Waals surface area (Å²) in [6.45, 7) is 2.61. The monoisotopic (exact) mass is 203 g/mol. The van der Waals surface area contributed by atoms with Crippen molar-refractivity contribution in [2.45, 2.75) is 32.2 Å². The second-order valence-corrected chi connectivity index (χ2v) is 3.27. The van der Waals surface area contributed by atoms with Crippen LogP contribution in [0.25, 0.3) is 0 Å². The quantitative estimate of drug-likeness (QED) is 0.635. The van der Waals surface area contributed by atoms with Gasteiger partial charge in [0.1, 0.15) is 6.04 Å². The van der Waals surface area contributed by atoms with E-state index < -0.39 is 18.0 Å². The average Bonchev–Trinajstić information content (AvgIpc) is 2.03. The Morgan fingerprint density at radius 3 is 2.29 bits per heavy atom. The van der Waals surface area contributed by atoms with Crippen molar-refractivity contribution in [3.63, 3.8) is 0 Å². The van der Waals surface area contributed by atoms with Crippen LogP contribution in [0.4, 0.5) is 0 Å². The van der Waals surface area contributed by atoms with Crippen LogP contribution in [0, 0.1) is 0 Å². The van der Waals surface area contributed by atoms with Crippen molar-refractivity contribution >= 4 is 11.9 Å². The lowest BCUT2D eigenvalue weighted by atomic mass is 10.1. The van der Waals surface area contributed by atoms with Gasteiger partial charge in [0.2, 0.25) is 0 Å². The molecule has 1 atom stereocenters. The van der Waals surface area contributed by atoms with Gasteiger partial charge in [-0.15, -0.1) is 0 Å². The zero-order valence-corrected chi connectivity index (χ0v) is 8.56. The van der Waals surface area contributed by atoms with E-state index in [0.29, 0.717) is 6.54 Å². The molecule has 0 bridgehead atoms. The van der Waals surface area contributed by atoms with Gasteiger partial charge in [-0.1, -0.05) is 6.92 Å². The zero-order chi connectivity index (χ0) is 11.1. The lowest BCUT2D eigenvalue weighted by Gasteiger charge is -2.23. The number of likely N-dealkylation sites (N-methyl/N-ethyl adjacent to an activating group) is 1. The number of nitrogens with zero attached hydrogens (tertiary/aromatic N) is 1. The van der Waals surface area contributed by atoms with Gasteiger partial charge in [-0.2, -0.15) is 0 Å². The van der Waals surface area contributed by atoms with E-state index in [1.165, 1.54) is 0 Å². The molecule has 14 heavy (non-hydrogen) atoms. The Kier molecular flexibility index (Phi) is 5.87. The van der Waals surface area contributed by atoms with Crippen LogP contribution in [-0.4, -0.2) is 46.7 Å². The fourth-order valence-corrected chi connectivity index (χ4v) is 1.30. The summed E-state index contributed by atoms with van der Waals surface area (Å²) in [5.41, 5.74) is 0. The van der Waals surface area contributed by atoms with Gasteiger partial charge in [0.25, 0.3) is 0 Å². The summed E-state index contributed by atoms with van der Waals surface area (Å²) in [6.07, 6.45) is 0.902. The highest BCUT2D eigenvalue weighted by Crippen LogP contribution is 2.06. The smallest absolute Gasteiger partial charge is 0.320 e. The Balaban J connectivity index is 4.14. The number of carboxylic acid groups (broad SMARTS) is 2. The molecule has 0 aliphatic carbocycles. The molecular weight excluding hydrogens is 186 g/mol. The van der Waals surface area contributed by atoms with E-state index in [0.717, 1.165) is 6.42 Å². The Morgan fingerprint density at radius 2 is 1.93 bits per heavy atom. The van der Waals surface area contributed by atoms with Crippen molar-refractivity contribution in [1.82, 2.24) is 4.90 Å². The zero-order valence-electron chi connectivity index (χ0n) is 8.56. The second kappa shape index (κ2) is 6.37. The van der Waals surface area contributed by atoms with E-state index >= 15 is 0 Å². The Bertz CT molecular complexity index is 205. The highest BCUT2D eigenvalue weighted by molar-refractivity contribution is 5.75. The minimum Gasteiger partial charge on any atom is -0.481 e. The molecule has 0 heterocycles. The minimum absolute atomic E-state index is 0.106. The summed E-state index contributed by atoms with van der Waals surface area (Å²) in [5, 5.41) is 17.3. The van der Waals surface area contributed by atoms with E-state index in [4.69, 9.17) is 10.2 Å². The van der Waals surface area contributed by atoms with E-state index in [-0.39, 0.29) is 12.8 Å². The van der Waals surface area contributed by atoms with E-state index in [1.54, 1.807) is 11.9 Å². The molecule has 0 aliphatic heterocycles. The maximum Gasteiger partial charge on any atom is 0.320 e. The van der Waals surface area contributed by atoms with E-state index in [1.807, 2.05) is 6.92 Å². The topological polar surface area (TPSA) is 77.8 Å². The van der Waals surface area contributed by atoms with Gasteiger partial charge < -0.3 is 10.2 Å². The third-order valence-corrected chi connectivity index (χ3v) is 2.03. The van der Waals surface area contributed by atoms with E-state index in [9.17, 15) is 9.59 Å². The first kappa shape index (κ1) is 12.9. The Labute approximate surface area is 83.3 Å². The van der Waals surface area contributed by atoms with Crippen LogP contribution in [0.2, 0.25) is 0 Å². The van der Waals surface area contributed by atoms with Gasteiger partial charge in [-0.25, -0.2) is 0 Å². The first-order valence-corrected chi connectivity index (χ1v) is 4.63. The molecule has 0 aromatic carbocycles. The molecule has 0 aliphatic rings. The van der Waals surface area contributed by atoms with Gasteiger partial charge in [0, 0.05) is 6.42 Å². The predicted molar refractivity (Wildman–Crippen MR) is 51.2 cm³/mol.